The van der Waals surface area contributed by atoms with E-state index in [1.165, 1.54) is 0 Å². The van der Waals surface area contributed by atoms with Crippen LogP contribution >= 0.6 is 0 Å². The van der Waals surface area contributed by atoms with Crippen molar-refractivity contribution in [3.05, 3.63) is 0 Å². The maximum Gasteiger partial charge on any atom is 0.326 e. The molecule has 18 heteroatoms. The Kier molecular flexibility index (Phi) is 15.6. The maximum atomic E-state index is 12.2. The third kappa shape index (κ3) is 15.5. The number of amides is 5. The van der Waals surface area contributed by atoms with Crippen LogP contribution in [0.15, 0.2) is 0 Å². The summed E-state index contributed by atoms with van der Waals surface area (Å²) in [6.45, 7) is 1.08. The molecule has 224 valence electrons. The van der Waals surface area contributed by atoms with E-state index < -0.39 is 110 Å². The Bertz CT molecular complexity index is 1000. The Morgan fingerprint density at radius 3 is 0.975 bits per heavy atom. The molecule has 0 aromatic rings. The van der Waals surface area contributed by atoms with Crippen LogP contribution in [0.5, 0.6) is 0 Å². The summed E-state index contributed by atoms with van der Waals surface area (Å²) in [4.78, 5) is 103. The molecule has 0 unspecified atom stereocenters. The number of carbonyl (C=O) groups excluding carboxylic acids is 5. The standard InChI is InChI=1S/C22H33N5O13/c1-10(28)24-11(19(33)34)3-7-16(30)26-13(21(37)38)5-9-18(32)27-14(22(39)40)4-8-17(31)25-12(20(35)36)2-6-15(23)29/h11-14H,2-9H2,1H3,(H2,23,29)(H,24,28)(H,25,31)(H,26,30)(H,27,32)(H,33,34)(H,35,36)(H,37,38)(H,39,40)/t11-,12-,13-,14-/m0/s1. The first-order valence-electron chi connectivity index (χ1n) is 11.9. The van der Waals surface area contributed by atoms with Crippen molar-refractivity contribution < 1.29 is 63.6 Å². The third-order valence-electron chi connectivity index (χ3n) is 5.24. The van der Waals surface area contributed by atoms with E-state index in [1.54, 1.807) is 0 Å². The number of nitrogens with one attached hydrogen (secondary N) is 4. The molecule has 0 saturated carbocycles. The van der Waals surface area contributed by atoms with Crippen LogP contribution in [0, 0.1) is 0 Å². The molecule has 40 heavy (non-hydrogen) atoms. The third-order valence-corrected chi connectivity index (χ3v) is 5.24. The molecule has 4 atom stereocenters. The maximum absolute atomic E-state index is 12.2. The number of carboxylic acids is 4. The van der Waals surface area contributed by atoms with Crippen molar-refractivity contribution >= 4 is 53.4 Å². The van der Waals surface area contributed by atoms with Gasteiger partial charge in [-0.25, -0.2) is 19.2 Å². The minimum atomic E-state index is -1.59. The fraction of sp³-hybridized carbons (Fsp3) is 0.591. The molecule has 0 radical (unpaired) electrons. The first kappa shape index (κ1) is 35.2. The molecular weight excluding hydrogens is 542 g/mol. The van der Waals surface area contributed by atoms with E-state index in [-0.39, 0.29) is 19.3 Å². The number of hydrogen-bond acceptors (Lipinski definition) is 9. The highest BCUT2D eigenvalue weighted by molar-refractivity contribution is 5.88. The molecule has 0 rings (SSSR count). The number of carboxylic acid groups (broad SMARTS) is 4. The zero-order valence-electron chi connectivity index (χ0n) is 21.5. The monoisotopic (exact) mass is 575 g/mol. The summed E-state index contributed by atoms with van der Waals surface area (Å²) in [5.41, 5.74) is 4.95. The van der Waals surface area contributed by atoms with E-state index in [0.717, 1.165) is 6.92 Å². The van der Waals surface area contributed by atoms with Crippen molar-refractivity contribution in [1.29, 1.82) is 0 Å². The van der Waals surface area contributed by atoms with Gasteiger partial charge in [-0.2, -0.15) is 0 Å². The van der Waals surface area contributed by atoms with Gasteiger partial charge in [0.15, 0.2) is 0 Å². The summed E-state index contributed by atoms with van der Waals surface area (Å²) in [7, 11) is 0. The van der Waals surface area contributed by atoms with Gasteiger partial charge in [-0.1, -0.05) is 0 Å². The van der Waals surface area contributed by atoms with Crippen LogP contribution in [-0.2, 0) is 43.2 Å². The number of nitrogens with two attached hydrogens (primary N) is 1. The van der Waals surface area contributed by atoms with Gasteiger partial charge < -0.3 is 47.4 Å². The molecular formula is C22H33N5O13. The lowest BCUT2D eigenvalue weighted by molar-refractivity contribution is -0.144. The van der Waals surface area contributed by atoms with Crippen LogP contribution in [0.4, 0.5) is 0 Å². The number of rotatable bonds is 20. The number of aliphatic carboxylic acids is 4. The Labute approximate surface area is 227 Å². The van der Waals surface area contributed by atoms with Gasteiger partial charge in [-0.3, -0.25) is 24.0 Å². The lowest BCUT2D eigenvalue weighted by Crippen LogP contribution is -2.45. The second-order valence-corrected chi connectivity index (χ2v) is 8.59. The van der Waals surface area contributed by atoms with Gasteiger partial charge in [0.2, 0.25) is 29.5 Å². The number of primary amides is 1. The molecule has 5 amide bonds. The highest BCUT2D eigenvalue weighted by Crippen LogP contribution is 2.06. The topological polar surface area (TPSA) is 309 Å². The van der Waals surface area contributed by atoms with E-state index in [4.69, 9.17) is 15.9 Å². The Morgan fingerprint density at radius 2 is 0.750 bits per heavy atom. The quantitative estimate of drug-likeness (QED) is 0.0695. The molecule has 10 N–H and O–H groups in total. The van der Waals surface area contributed by atoms with Gasteiger partial charge in [-0.05, 0) is 25.7 Å². The first-order valence-corrected chi connectivity index (χ1v) is 11.9. The molecule has 18 nitrogen and oxygen atoms in total. The highest BCUT2D eigenvalue weighted by atomic mass is 16.4. The Morgan fingerprint density at radius 1 is 0.500 bits per heavy atom. The summed E-state index contributed by atoms with van der Waals surface area (Å²) in [5, 5.41) is 45.2. The second kappa shape index (κ2) is 17.7. The lowest BCUT2D eigenvalue weighted by Gasteiger charge is -2.18. The van der Waals surface area contributed by atoms with E-state index >= 15 is 0 Å². The Hall–Kier alpha value is -4.77. The predicted molar refractivity (Wildman–Crippen MR) is 130 cm³/mol. The van der Waals surface area contributed by atoms with Crippen molar-refractivity contribution in [3.63, 3.8) is 0 Å². The molecule has 0 spiro atoms. The Balaban J connectivity index is 4.86. The molecule has 0 bridgehead atoms. The average molecular weight is 576 g/mol. The molecule has 0 aliphatic carbocycles. The van der Waals surface area contributed by atoms with Crippen molar-refractivity contribution in [2.24, 2.45) is 5.73 Å². The SMILES string of the molecule is CC(=O)N[C@@H](CCC(=O)N[C@@H](CCC(=O)N[C@@H](CCC(=O)N[C@@H](CCC(N)=O)C(=O)O)C(=O)O)C(=O)O)C(=O)O. The van der Waals surface area contributed by atoms with Gasteiger partial charge in [-0.15, -0.1) is 0 Å². The van der Waals surface area contributed by atoms with Crippen molar-refractivity contribution in [2.45, 2.75) is 82.5 Å². The average Bonchev–Trinajstić information content (AvgIpc) is 2.83. The van der Waals surface area contributed by atoms with Gasteiger partial charge in [0.05, 0.1) is 0 Å². The van der Waals surface area contributed by atoms with E-state index in [0.29, 0.717) is 0 Å². The fourth-order valence-electron chi connectivity index (χ4n) is 3.19. The van der Waals surface area contributed by atoms with Gasteiger partial charge in [0.25, 0.3) is 0 Å². The van der Waals surface area contributed by atoms with Crippen LogP contribution in [0.3, 0.4) is 0 Å². The van der Waals surface area contributed by atoms with Crippen molar-refractivity contribution in [2.75, 3.05) is 0 Å². The molecule has 0 aliphatic rings. The lowest BCUT2D eigenvalue weighted by atomic mass is 10.1. The summed E-state index contributed by atoms with van der Waals surface area (Å²) in [6, 6.07) is -5.99. The minimum Gasteiger partial charge on any atom is -0.480 e. The van der Waals surface area contributed by atoms with Crippen LogP contribution in [0.2, 0.25) is 0 Å². The number of hydrogen-bond donors (Lipinski definition) is 9. The van der Waals surface area contributed by atoms with Gasteiger partial charge in [0.1, 0.15) is 24.2 Å². The van der Waals surface area contributed by atoms with Crippen LogP contribution in [0.25, 0.3) is 0 Å². The minimum absolute atomic E-state index is 0.285. The zero-order chi connectivity index (χ0) is 31.0. The van der Waals surface area contributed by atoms with Crippen molar-refractivity contribution in [3.8, 4) is 0 Å². The van der Waals surface area contributed by atoms with E-state index in [9.17, 15) is 53.4 Å². The predicted octanol–water partition coefficient (Wildman–Crippen LogP) is -3.11. The normalized spacial score (nSPS) is 13.4. The molecule has 0 aromatic carbocycles. The van der Waals surface area contributed by atoms with Gasteiger partial charge in [0, 0.05) is 32.6 Å². The second-order valence-electron chi connectivity index (χ2n) is 8.59. The summed E-state index contributed by atoms with van der Waals surface area (Å²) < 4.78 is 0. The van der Waals surface area contributed by atoms with E-state index in [2.05, 4.69) is 21.3 Å². The van der Waals surface area contributed by atoms with Crippen LogP contribution in [0.1, 0.15) is 58.3 Å². The summed E-state index contributed by atoms with van der Waals surface area (Å²) in [5.74, 6) is -9.97. The smallest absolute Gasteiger partial charge is 0.326 e. The largest absolute Gasteiger partial charge is 0.480 e. The molecule has 0 heterocycles. The molecule has 0 aromatic heterocycles. The summed E-state index contributed by atoms with van der Waals surface area (Å²) >= 11 is 0. The van der Waals surface area contributed by atoms with E-state index in [1.807, 2.05) is 0 Å². The molecule has 0 fully saturated rings. The number of carbonyl (C=O) groups is 9. The highest BCUT2D eigenvalue weighted by Gasteiger charge is 2.27. The van der Waals surface area contributed by atoms with Crippen molar-refractivity contribution in [1.82, 2.24) is 21.3 Å². The van der Waals surface area contributed by atoms with Crippen LogP contribution < -0.4 is 27.0 Å². The molecule has 0 aliphatic heterocycles. The summed E-state index contributed by atoms with van der Waals surface area (Å²) in [6.07, 6.45) is -3.37. The molecule has 0 saturated heterocycles. The fourth-order valence-corrected chi connectivity index (χ4v) is 3.19. The van der Waals surface area contributed by atoms with Crippen LogP contribution in [-0.4, -0.2) is 98.0 Å². The van der Waals surface area contributed by atoms with Gasteiger partial charge >= 0.3 is 23.9 Å². The first-order chi connectivity index (χ1) is 18.5. The zero-order valence-corrected chi connectivity index (χ0v) is 21.5.